The molecule has 0 unspecified atom stereocenters. The van der Waals surface area contributed by atoms with E-state index in [-0.39, 0.29) is 16.1 Å². The fourth-order valence-electron chi connectivity index (χ4n) is 1.07. The predicted molar refractivity (Wildman–Crippen MR) is 57.4 cm³/mol. The smallest absolute Gasteiger partial charge is 0.376 e. The monoisotopic (exact) mass is 248 g/mol. The van der Waals surface area contributed by atoms with Crippen molar-refractivity contribution in [3.05, 3.63) is 21.7 Å². The summed E-state index contributed by atoms with van der Waals surface area (Å²) in [7, 11) is 1.24. The normalized spacial score (nSPS) is 10.1. The van der Waals surface area contributed by atoms with Gasteiger partial charge in [-0.15, -0.1) is 0 Å². The number of halogens is 2. The standard InChI is InChI=1S/C9H10Cl2N2O2/c1-3-4-5-6(10)12-8(9(14)15-2)13-7(5)11/h3-4H2,1-2H3. The molecule has 1 aromatic heterocycles. The van der Waals surface area contributed by atoms with E-state index in [1.54, 1.807) is 0 Å². The van der Waals surface area contributed by atoms with Gasteiger partial charge in [-0.2, -0.15) is 0 Å². The van der Waals surface area contributed by atoms with E-state index in [4.69, 9.17) is 23.2 Å². The van der Waals surface area contributed by atoms with E-state index in [9.17, 15) is 4.79 Å². The molecule has 0 aliphatic heterocycles. The first-order chi connectivity index (χ1) is 7.10. The molecular weight excluding hydrogens is 239 g/mol. The summed E-state index contributed by atoms with van der Waals surface area (Å²) >= 11 is 11.7. The topological polar surface area (TPSA) is 52.1 Å². The molecular formula is C9H10Cl2N2O2. The van der Waals surface area contributed by atoms with Crippen molar-refractivity contribution in [1.29, 1.82) is 0 Å². The van der Waals surface area contributed by atoms with E-state index in [0.29, 0.717) is 12.0 Å². The van der Waals surface area contributed by atoms with Gasteiger partial charge in [-0.05, 0) is 6.42 Å². The fraction of sp³-hybridized carbons (Fsp3) is 0.444. The molecule has 0 spiro atoms. The number of nitrogens with zero attached hydrogens (tertiary/aromatic N) is 2. The van der Waals surface area contributed by atoms with E-state index in [1.807, 2.05) is 6.92 Å². The number of methoxy groups -OCH3 is 1. The first kappa shape index (κ1) is 12.2. The van der Waals surface area contributed by atoms with Crippen molar-refractivity contribution in [2.45, 2.75) is 19.8 Å². The highest BCUT2D eigenvalue weighted by Crippen LogP contribution is 2.22. The summed E-state index contributed by atoms with van der Waals surface area (Å²) in [6.45, 7) is 1.99. The van der Waals surface area contributed by atoms with Gasteiger partial charge in [0.1, 0.15) is 10.3 Å². The largest absolute Gasteiger partial charge is 0.463 e. The molecule has 0 aromatic carbocycles. The summed E-state index contributed by atoms with van der Waals surface area (Å²) in [4.78, 5) is 18.8. The van der Waals surface area contributed by atoms with Crippen molar-refractivity contribution in [3.8, 4) is 0 Å². The minimum absolute atomic E-state index is 0.118. The van der Waals surface area contributed by atoms with E-state index in [0.717, 1.165) is 6.42 Å². The van der Waals surface area contributed by atoms with Crippen molar-refractivity contribution in [2.24, 2.45) is 0 Å². The lowest BCUT2D eigenvalue weighted by molar-refractivity contribution is 0.0586. The number of hydrogen-bond acceptors (Lipinski definition) is 4. The van der Waals surface area contributed by atoms with Crippen molar-refractivity contribution >= 4 is 29.2 Å². The molecule has 0 atom stereocenters. The zero-order valence-electron chi connectivity index (χ0n) is 8.38. The van der Waals surface area contributed by atoms with E-state index in [1.165, 1.54) is 7.11 Å². The Hall–Kier alpha value is -0.870. The molecule has 0 amide bonds. The number of carbonyl (C=O) groups is 1. The molecule has 0 N–H and O–H groups in total. The Bertz CT molecular complexity index is 359. The Morgan fingerprint density at radius 2 is 1.87 bits per heavy atom. The van der Waals surface area contributed by atoms with Gasteiger partial charge in [0.2, 0.25) is 5.82 Å². The Balaban J connectivity index is 3.13. The molecule has 15 heavy (non-hydrogen) atoms. The Morgan fingerprint density at radius 3 is 2.27 bits per heavy atom. The summed E-state index contributed by atoms with van der Waals surface area (Å²) in [5.41, 5.74) is 0.661. The van der Waals surface area contributed by atoms with Crippen molar-refractivity contribution in [3.63, 3.8) is 0 Å². The number of hydrogen-bond donors (Lipinski definition) is 0. The average molecular weight is 249 g/mol. The molecule has 0 bridgehead atoms. The Labute approximate surface area is 97.6 Å². The van der Waals surface area contributed by atoms with Crippen LogP contribution < -0.4 is 0 Å². The lowest BCUT2D eigenvalue weighted by atomic mass is 10.2. The molecule has 82 valence electrons. The minimum atomic E-state index is -0.651. The van der Waals surface area contributed by atoms with Gasteiger partial charge in [-0.25, -0.2) is 14.8 Å². The first-order valence-electron chi connectivity index (χ1n) is 4.40. The molecule has 1 heterocycles. The van der Waals surface area contributed by atoms with E-state index >= 15 is 0 Å². The molecule has 4 nitrogen and oxygen atoms in total. The van der Waals surface area contributed by atoms with Gasteiger partial charge in [-0.1, -0.05) is 36.5 Å². The van der Waals surface area contributed by atoms with Crippen LogP contribution in [-0.2, 0) is 11.2 Å². The second-order valence-electron chi connectivity index (χ2n) is 2.85. The van der Waals surface area contributed by atoms with Crippen LogP contribution in [0.1, 0.15) is 29.5 Å². The maximum Gasteiger partial charge on any atom is 0.376 e. The predicted octanol–water partition coefficient (Wildman–Crippen LogP) is 2.52. The quantitative estimate of drug-likeness (QED) is 0.610. The van der Waals surface area contributed by atoms with Crippen LogP contribution in [0.4, 0.5) is 0 Å². The number of ether oxygens (including phenoxy) is 1. The van der Waals surface area contributed by atoms with Gasteiger partial charge >= 0.3 is 5.97 Å². The number of carbonyl (C=O) groups excluding carboxylic acids is 1. The molecule has 1 aromatic rings. The average Bonchev–Trinajstić information content (AvgIpc) is 2.22. The molecule has 0 aliphatic rings. The van der Waals surface area contributed by atoms with Crippen LogP contribution in [0.15, 0.2) is 0 Å². The van der Waals surface area contributed by atoms with Crippen molar-refractivity contribution in [1.82, 2.24) is 9.97 Å². The number of esters is 1. The minimum Gasteiger partial charge on any atom is -0.463 e. The first-order valence-corrected chi connectivity index (χ1v) is 5.16. The third kappa shape index (κ3) is 2.79. The fourth-order valence-corrected chi connectivity index (χ4v) is 1.65. The molecule has 0 saturated carbocycles. The van der Waals surface area contributed by atoms with E-state index in [2.05, 4.69) is 14.7 Å². The number of aromatic nitrogens is 2. The zero-order valence-corrected chi connectivity index (χ0v) is 9.89. The second-order valence-corrected chi connectivity index (χ2v) is 3.56. The summed E-state index contributed by atoms with van der Waals surface area (Å²) in [5, 5.41) is 0.412. The highest BCUT2D eigenvalue weighted by Gasteiger charge is 2.16. The molecule has 0 fully saturated rings. The van der Waals surface area contributed by atoms with Crippen LogP contribution in [0.25, 0.3) is 0 Å². The number of rotatable bonds is 3. The van der Waals surface area contributed by atoms with E-state index < -0.39 is 5.97 Å². The Morgan fingerprint density at radius 1 is 1.33 bits per heavy atom. The highest BCUT2D eigenvalue weighted by atomic mass is 35.5. The Kier molecular flexibility index (Phi) is 4.29. The van der Waals surface area contributed by atoms with Gasteiger partial charge < -0.3 is 4.74 Å². The second kappa shape index (κ2) is 5.28. The van der Waals surface area contributed by atoms with Gasteiger partial charge in [0.25, 0.3) is 0 Å². The molecule has 6 heteroatoms. The van der Waals surface area contributed by atoms with Gasteiger partial charge in [0.05, 0.1) is 7.11 Å². The van der Waals surface area contributed by atoms with Crippen LogP contribution in [-0.4, -0.2) is 23.0 Å². The van der Waals surface area contributed by atoms with Crippen molar-refractivity contribution < 1.29 is 9.53 Å². The molecule has 0 saturated heterocycles. The van der Waals surface area contributed by atoms with Gasteiger partial charge in [0, 0.05) is 5.56 Å². The van der Waals surface area contributed by atoms with Crippen LogP contribution >= 0.6 is 23.2 Å². The summed E-state index contributed by atoms with van der Waals surface area (Å²) in [6, 6.07) is 0. The molecule has 1 rings (SSSR count). The van der Waals surface area contributed by atoms with Crippen LogP contribution in [0.3, 0.4) is 0 Å². The van der Waals surface area contributed by atoms with Crippen molar-refractivity contribution in [2.75, 3.05) is 7.11 Å². The molecule has 0 radical (unpaired) electrons. The maximum absolute atomic E-state index is 11.1. The lowest BCUT2D eigenvalue weighted by Gasteiger charge is -2.05. The third-order valence-electron chi connectivity index (χ3n) is 1.77. The third-order valence-corrected chi connectivity index (χ3v) is 2.40. The summed E-state index contributed by atoms with van der Waals surface area (Å²) < 4.78 is 4.46. The zero-order chi connectivity index (χ0) is 11.4. The SMILES string of the molecule is CCCc1c(Cl)nc(C(=O)OC)nc1Cl. The highest BCUT2D eigenvalue weighted by molar-refractivity contribution is 6.34. The summed E-state index contributed by atoms with van der Waals surface area (Å²) in [5.74, 6) is -0.769. The maximum atomic E-state index is 11.1. The van der Waals surface area contributed by atoms with Gasteiger partial charge in [-0.3, -0.25) is 0 Å². The van der Waals surface area contributed by atoms with Crippen LogP contribution in [0.2, 0.25) is 10.3 Å². The lowest BCUT2D eigenvalue weighted by Crippen LogP contribution is -2.09. The van der Waals surface area contributed by atoms with Gasteiger partial charge in [0.15, 0.2) is 0 Å². The summed E-state index contributed by atoms with van der Waals surface area (Å²) in [6.07, 6.45) is 1.56. The van der Waals surface area contributed by atoms with Crippen LogP contribution in [0.5, 0.6) is 0 Å². The molecule has 0 aliphatic carbocycles. The van der Waals surface area contributed by atoms with Crippen LogP contribution in [0, 0.1) is 0 Å².